The van der Waals surface area contributed by atoms with Gasteiger partial charge in [-0.15, -0.1) is 0 Å². The smallest absolute Gasteiger partial charge is 0.261 e. The summed E-state index contributed by atoms with van der Waals surface area (Å²) < 4.78 is 37.9. The van der Waals surface area contributed by atoms with Crippen molar-refractivity contribution >= 4 is 45.8 Å². The number of halogens is 2. The zero-order chi connectivity index (χ0) is 34.2. The number of hydrogen-bond acceptors (Lipinski definition) is 9. The number of fused-ring (bicyclic) bond motifs is 2. The van der Waals surface area contributed by atoms with Crippen molar-refractivity contribution in [1.29, 1.82) is 0 Å². The second kappa shape index (κ2) is 15.8. The van der Waals surface area contributed by atoms with Gasteiger partial charge in [0.2, 0.25) is 5.91 Å². The van der Waals surface area contributed by atoms with Gasteiger partial charge in [-0.05, 0) is 66.8 Å². The molecule has 0 spiro atoms. The third kappa shape index (κ3) is 8.25. The first-order valence-electron chi connectivity index (χ1n) is 15.9. The van der Waals surface area contributed by atoms with Gasteiger partial charge in [0.25, 0.3) is 5.91 Å². The van der Waals surface area contributed by atoms with Crippen LogP contribution in [0.4, 0.5) is 15.9 Å². The zero-order valence-electron chi connectivity index (χ0n) is 26.8. The van der Waals surface area contributed by atoms with E-state index in [9.17, 15) is 14.0 Å². The summed E-state index contributed by atoms with van der Waals surface area (Å²) in [4.78, 5) is 32.8. The lowest BCUT2D eigenvalue weighted by atomic mass is 9.99. The molecule has 0 saturated heterocycles. The first-order valence-corrected chi connectivity index (χ1v) is 16.2. The number of carbonyl (C=O) groups excluding carboxylic acids is 2. The van der Waals surface area contributed by atoms with Crippen molar-refractivity contribution in [3.63, 3.8) is 0 Å². The first-order chi connectivity index (χ1) is 23.9. The van der Waals surface area contributed by atoms with E-state index in [1.54, 1.807) is 49.6 Å². The Morgan fingerprint density at radius 1 is 0.898 bits per heavy atom. The molecule has 2 N–H and O–H groups in total. The third-order valence-electron chi connectivity index (χ3n) is 7.93. The quantitative estimate of drug-likeness (QED) is 0.0849. The summed E-state index contributed by atoms with van der Waals surface area (Å²) in [6.45, 7) is 1.29. The Bertz CT molecular complexity index is 1990. The van der Waals surface area contributed by atoms with Gasteiger partial charge in [-0.3, -0.25) is 14.9 Å². The molecule has 0 aliphatic carbocycles. The topological polar surface area (TPSA) is 121 Å². The van der Waals surface area contributed by atoms with Crippen molar-refractivity contribution in [2.75, 3.05) is 32.2 Å². The molecule has 0 bridgehead atoms. The second-order valence-electron chi connectivity index (χ2n) is 11.3. The molecule has 1 aliphatic heterocycles. The number of amides is 2. The van der Waals surface area contributed by atoms with Gasteiger partial charge >= 0.3 is 0 Å². The number of aromatic nitrogens is 2. The lowest BCUT2D eigenvalue weighted by Gasteiger charge is -2.18. The number of methoxy groups -OCH3 is 1. The van der Waals surface area contributed by atoms with E-state index >= 15 is 0 Å². The molecule has 12 heteroatoms. The molecule has 0 unspecified atom stereocenters. The highest BCUT2D eigenvalue weighted by atomic mass is 35.5. The number of rotatable bonds is 15. The van der Waals surface area contributed by atoms with Gasteiger partial charge in [-0.2, -0.15) is 0 Å². The third-order valence-corrected chi connectivity index (χ3v) is 8.23. The molecule has 2 heterocycles. The number of benzene rings is 4. The van der Waals surface area contributed by atoms with Gasteiger partial charge in [-0.25, -0.2) is 14.4 Å². The molecule has 49 heavy (non-hydrogen) atoms. The van der Waals surface area contributed by atoms with Gasteiger partial charge < -0.3 is 24.3 Å². The van der Waals surface area contributed by atoms with Crippen LogP contribution in [0.3, 0.4) is 0 Å². The molecule has 0 saturated carbocycles. The van der Waals surface area contributed by atoms with Crippen LogP contribution < -0.4 is 24.8 Å². The summed E-state index contributed by atoms with van der Waals surface area (Å²) in [6, 6.07) is 21.3. The molecular weight excluding hydrogens is 651 g/mol. The summed E-state index contributed by atoms with van der Waals surface area (Å²) in [5, 5.41) is 5.99. The SMILES string of the molecule is COc1cc2ncnc(Nc3cccc(Cl)c3F)c2cc1OCCOCCCCCc1cccc(Oc2cccc3c2C(=O)NC(=O)C3)c1. The summed E-state index contributed by atoms with van der Waals surface area (Å²) >= 11 is 5.94. The number of imide groups is 1. The fourth-order valence-electron chi connectivity index (χ4n) is 5.55. The Labute approximate surface area is 287 Å². The van der Waals surface area contributed by atoms with Crippen LogP contribution in [-0.4, -0.2) is 48.7 Å². The van der Waals surface area contributed by atoms with E-state index in [4.69, 9.17) is 30.5 Å². The van der Waals surface area contributed by atoms with E-state index in [0.29, 0.717) is 70.7 Å². The van der Waals surface area contributed by atoms with E-state index in [2.05, 4.69) is 20.6 Å². The molecule has 6 rings (SSSR count). The Morgan fingerprint density at radius 3 is 2.63 bits per heavy atom. The molecule has 4 aromatic carbocycles. The number of anilines is 2. The van der Waals surface area contributed by atoms with Gasteiger partial charge in [-0.1, -0.05) is 48.4 Å². The van der Waals surface area contributed by atoms with Gasteiger partial charge in [0.15, 0.2) is 17.3 Å². The number of unbranched alkanes of at least 4 members (excludes halogenated alkanes) is 2. The average Bonchev–Trinajstić information content (AvgIpc) is 3.09. The highest BCUT2D eigenvalue weighted by Crippen LogP contribution is 2.36. The summed E-state index contributed by atoms with van der Waals surface area (Å²) in [5.74, 6) is 1.13. The number of nitrogens with zero attached hydrogens (tertiary/aromatic N) is 2. The predicted molar refractivity (Wildman–Crippen MR) is 184 cm³/mol. The number of carbonyl (C=O) groups is 2. The maximum Gasteiger partial charge on any atom is 0.261 e. The largest absolute Gasteiger partial charge is 0.493 e. The molecule has 10 nitrogen and oxygen atoms in total. The lowest BCUT2D eigenvalue weighted by molar-refractivity contribution is -0.119. The Hall–Kier alpha value is -5.26. The normalized spacial score (nSPS) is 12.4. The zero-order valence-corrected chi connectivity index (χ0v) is 27.5. The van der Waals surface area contributed by atoms with Crippen LogP contribution in [0.2, 0.25) is 5.02 Å². The molecule has 0 atom stereocenters. The fraction of sp³-hybridized carbons (Fsp3) is 0.243. The second-order valence-corrected chi connectivity index (χ2v) is 11.7. The molecule has 5 aromatic rings. The van der Waals surface area contributed by atoms with Crippen LogP contribution in [0, 0.1) is 5.82 Å². The van der Waals surface area contributed by atoms with E-state index in [1.807, 2.05) is 24.3 Å². The molecule has 252 valence electrons. The van der Waals surface area contributed by atoms with Crippen LogP contribution in [0.15, 0.2) is 79.1 Å². The van der Waals surface area contributed by atoms with Crippen LogP contribution in [0.1, 0.15) is 40.7 Å². The Balaban J connectivity index is 0.945. The van der Waals surface area contributed by atoms with E-state index in [0.717, 1.165) is 31.2 Å². The highest BCUT2D eigenvalue weighted by Gasteiger charge is 2.26. The number of ether oxygens (including phenoxy) is 4. The van der Waals surface area contributed by atoms with Crippen molar-refractivity contribution in [3.05, 3.63) is 107 Å². The van der Waals surface area contributed by atoms with E-state index in [-0.39, 0.29) is 23.0 Å². The number of nitrogens with one attached hydrogen (secondary N) is 2. The minimum Gasteiger partial charge on any atom is -0.493 e. The number of aryl methyl sites for hydroxylation is 1. The summed E-state index contributed by atoms with van der Waals surface area (Å²) in [5.41, 5.74) is 2.98. The monoisotopic (exact) mass is 684 g/mol. The lowest BCUT2D eigenvalue weighted by Crippen LogP contribution is -2.37. The van der Waals surface area contributed by atoms with Crippen molar-refractivity contribution in [2.24, 2.45) is 0 Å². The van der Waals surface area contributed by atoms with Crippen LogP contribution in [0.5, 0.6) is 23.0 Å². The van der Waals surface area contributed by atoms with Crippen molar-refractivity contribution in [3.8, 4) is 23.0 Å². The minimum absolute atomic E-state index is 0.00603. The molecule has 2 amide bonds. The minimum atomic E-state index is -0.572. The maximum atomic E-state index is 14.5. The molecule has 1 aromatic heterocycles. The maximum absolute atomic E-state index is 14.5. The van der Waals surface area contributed by atoms with Crippen molar-refractivity contribution < 1.29 is 32.9 Å². The van der Waals surface area contributed by atoms with Gasteiger partial charge in [0.05, 0.1) is 41.9 Å². The van der Waals surface area contributed by atoms with Crippen LogP contribution in [0.25, 0.3) is 10.9 Å². The summed E-state index contributed by atoms with van der Waals surface area (Å²) in [6.07, 6.45) is 5.26. The van der Waals surface area contributed by atoms with Crippen LogP contribution in [-0.2, 0) is 22.4 Å². The average molecular weight is 685 g/mol. The molecular formula is C37H34ClFN4O6. The van der Waals surface area contributed by atoms with Crippen LogP contribution >= 0.6 is 11.6 Å². The molecule has 0 radical (unpaired) electrons. The first kappa shape index (κ1) is 33.6. The van der Waals surface area contributed by atoms with Crippen molar-refractivity contribution in [1.82, 2.24) is 15.3 Å². The predicted octanol–water partition coefficient (Wildman–Crippen LogP) is 7.59. The highest BCUT2D eigenvalue weighted by molar-refractivity contribution is 6.31. The van der Waals surface area contributed by atoms with E-state index < -0.39 is 11.7 Å². The van der Waals surface area contributed by atoms with Crippen molar-refractivity contribution in [2.45, 2.75) is 32.1 Å². The number of hydrogen-bond donors (Lipinski definition) is 2. The Morgan fingerprint density at radius 2 is 1.76 bits per heavy atom. The summed E-state index contributed by atoms with van der Waals surface area (Å²) in [7, 11) is 1.55. The fourth-order valence-corrected chi connectivity index (χ4v) is 5.73. The molecule has 1 aliphatic rings. The van der Waals surface area contributed by atoms with Gasteiger partial charge in [0.1, 0.15) is 30.3 Å². The van der Waals surface area contributed by atoms with E-state index in [1.165, 1.54) is 12.4 Å². The molecule has 0 fully saturated rings. The Kier molecular flexibility index (Phi) is 10.8. The standard InChI is InChI=1S/C37H34ClFN4O6/c1-46-31-21-29-26(36(41-22-40-29)42-28-13-7-12-27(38)35(28)39)20-32(31)48-17-16-47-15-4-2-3-8-23-9-5-11-25(18-23)49-30-14-6-10-24-19-33(44)43-37(45)34(24)30/h5-7,9-14,18,20-22H,2-4,8,15-17,19H2,1H3,(H,40,41,42)(H,43,44,45). The van der Waals surface area contributed by atoms with Gasteiger partial charge in [0, 0.05) is 18.1 Å².